The Kier molecular flexibility index (Phi) is 12.5. The minimum absolute atomic E-state index is 0.0587. The number of hydrogen-bond donors (Lipinski definition) is 1. The van der Waals surface area contributed by atoms with E-state index in [1.807, 2.05) is 6.92 Å². The van der Waals surface area contributed by atoms with Crippen LogP contribution in [-0.2, 0) is 28.2 Å². The number of carbonyl (C=O) groups is 1. The molecule has 1 N–H and O–H groups in total. The highest BCUT2D eigenvalue weighted by Gasteiger charge is 2.37. The molecule has 0 unspecified atom stereocenters. The van der Waals surface area contributed by atoms with Crippen molar-refractivity contribution < 1.29 is 36.4 Å². The molecule has 10 heteroatoms. The van der Waals surface area contributed by atoms with Crippen LogP contribution in [0.25, 0.3) is 0 Å². The van der Waals surface area contributed by atoms with Crippen LogP contribution in [0.15, 0.2) is 60.0 Å². The first-order chi connectivity index (χ1) is 19.0. The lowest BCUT2D eigenvalue weighted by Gasteiger charge is -2.36. The average molecular weight is 607 g/mol. The van der Waals surface area contributed by atoms with Gasteiger partial charge in [0.05, 0.1) is 17.1 Å². The van der Waals surface area contributed by atoms with Crippen LogP contribution in [0.2, 0.25) is 18.1 Å². The minimum Gasteiger partial charge on any atom is -0.452 e. The second-order valence-electron chi connectivity index (χ2n) is 11.8. The number of aliphatic hydroxyl groups excluding tert-OH is 1. The third-order valence-electron chi connectivity index (χ3n) is 7.30. The van der Waals surface area contributed by atoms with Gasteiger partial charge in [-0.1, -0.05) is 63.2 Å². The summed E-state index contributed by atoms with van der Waals surface area (Å²) in [6, 6.07) is 11.9. The highest BCUT2D eigenvalue weighted by atomic mass is 32.2. The molecule has 41 heavy (non-hydrogen) atoms. The van der Waals surface area contributed by atoms with Gasteiger partial charge in [0.1, 0.15) is 18.3 Å². The molecule has 0 heterocycles. The van der Waals surface area contributed by atoms with Crippen LogP contribution >= 0.6 is 0 Å². The third-order valence-corrected chi connectivity index (χ3v) is 13.4. The van der Waals surface area contributed by atoms with E-state index in [9.17, 15) is 18.3 Å². The van der Waals surface area contributed by atoms with Gasteiger partial charge in [-0.15, -0.1) is 0 Å². The largest absolute Gasteiger partial charge is 0.452 e. The quantitative estimate of drug-likeness (QED) is 0.0880. The van der Waals surface area contributed by atoms with Gasteiger partial charge in [0, 0.05) is 13.2 Å². The number of esters is 1. The predicted octanol–water partition coefficient (Wildman–Crippen LogP) is 5.89. The summed E-state index contributed by atoms with van der Waals surface area (Å²) >= 11 is 0. The first kappa shape index (κ1) is 34.9. The van der Waals surface area contributed by atoms with E-state index in [4.69, 9.17) is 18.1 Å². The smallest absolute Gasteiger partial charge is 0.338 e. The van der Waals surface area contributed by atoms with Crippen molar-refractivity contribution >= 4 is 24.4 Å². The van der Waals surface area contributed by atoms with Crippen LogP contribution in [0.3, 0.4) is 0 Å². The lowest BCUT2D eigenvalue weighted by atomic mass is 10.1. The van der Waals surface area contributed by atoms with Crippen LogP contribution in [0.4, 0.5) is 0 Å². The fraction of sp³-hybridized carbons (Fsp3) is 0.516. The molecule has 0 radical (unpaired) electrons. The molecule has 0 aromatic heterocycles. The van der Waals surface area contributed by atoms with Crippen molar-refractivity contribution in [2.24, 2.45) is 0 Å². The number of ether oxygens (including phenoxy) is 2. The second-order valence-corrected chi connectivity index (χ2v) is 18.2. The molecule has 0 aliphatic heterocycles. The average Bonchev–Trinajstić information content (AvgIpc) is 2.87. The summed E-state index contributed by atoms with van der Waals surface area (Å²) in [5.41, 5.74) is 2.35. The Labute approximate surface area is 246 Å². The van der Waals surface area contributed by atoms with E-state index in [0.717, 1.165) is 5.56 Å². The van der Waals surface area contributed by atoms with Crippen molar-refractivity contribution in [3.8, 4) is 0 Å². The summed E-state index contributed by atoms with van der Waals surface area (Å²) in [5, 5.41) is 11.2. The fourth-order valence-corrected chi connectivity index (χ4v) is 6.57. The number of benzene rings is 2. The summed E-state index contributed by atoms with van der Waals surface area (Å²) in [5.74, 6) is -0.628. The van der Waals surface area contributed by atoms with Crippen LogP contribution in [0.5, 0.6) is 0 Å². The van der Waals surface area contributed by atoms with Gasteiger partial charge in [-0.3, -0.25) is 4.18 Å². The SMILES string of the molecule is C=C[C@@H](OC(=O)c1ccccc1)[C@@H](OCCCO[Si](C)(C)C(C)(C)C)[C@H](O)COS(=O)(=O)c1c(C)cc(C)cc1C. The standard InChI is InChI=1S/C31H46O8SSi/c1-10-27(39-30(33)25-15-12-11-13-16-25)28(36-17-14-18-38-41(8,9)31(5,6)7)26(32)21-37-40(34,35)29-23(3)19-22(2)20-24(29)4/h10-13,15-16,19-20,26-28,32H,1,14,17-18,21H2,2-9H3/t26-,27-,28+/m1/s1. The van der Waals surface area contributed by atoms with Crippen LogP contribution in [0.1, 0.15) is 54.2 Å². The van der Waals surface area contributed by atoms with Gasteiger partial charge in [0.25, 0.3) is 10.1 Å². The van der Waals surface area contributed by atoms with Gasteiger partial charge < -0.3 is 19.0 Å². The zero-order valence-corrected chi connectivity index (χ0v) is 27.4. The van der Waals surface area contributed by atoms with Gasteiger partial charge >= 0.3 is 5.97 Å². The fourth-order valence-electron chi connectivity index (χ4n) is 4.14. The zero-order valence-electron chi connectivity index (χ0n) is 25.6. The van der Waals surface area contributed by atoms with E-state index in [-0.39, 0.29) is 16.5 Å². The lowest BCUT2D eigenvalue weighted by Crippen LogP contribution is -2.44. The molecular formula is C31H46O8SSi. The number of carbonyl (C=O) groups excluding carboxylic acids is 1. The summed E-state index contributed by atoms with van der Waals surface area (Å²) in [7, 11) is -6.14. The van der Waals surface area contributed by atoms with Gasteiger partial charge in [-0.2, -0.15) is 8.42 Å². The molecule has 0 bridgehead atoms. The van der Waals surface area contributed by atoms with E-state index in [1.54, 1.807) is 56.3 Å². The highest BCUT2D eigenvalue weighted by Crippen LogP contribution is 2.36. The molecule has 0 spiro atoms. The van der Waals surface area contributed by atoms with Crippen LogP contribution < -0.4 is 0 Å². The van der Waals surface area contributed by atoms with Crippen LogP contribution in [-0.4, -0.2) is 65.9 Å². The molecule has 228 valence electrons. The molecule has 0 saturated carbocycles. The van der Waals surface area contributed by atoms with Gasteiger partial charge in [0.2, 0.25) is 0 Å². The molecule has 3 atom stereocenters. The minimum atomic E-state index is -4.19. The molecule has 0 aliphatic rings. The van der Waals surface area contributed by atoms with E-state index in [2.05, 4.69) is 40.4 Å². The predicted molar refractivity (Wildman–Crippen MR) is 163 cm³/mol. The third kappa shape index (κ3) is 9.87. The first-order valence-corrected chi connectivity index (χ1v) is 18.1. The topological polar surface area (TPSA) is 108 Å². The highest BCUT2D eigenvalue weighted by molar-refractivity contribution is 7.86. The Bertz CT molecular complexity index is 1250. The van der Waals surface area contributed by atoms with Crippen molar-refractivity contribution in [2.75, 3.05) is 19.8 Å². The molecule has 0 aliphatic carbocycles. The van der Waals surface area contributed by atoms with Crippen molar-refractivity contribution in [2.45, 2.75) is 89.3 Å². The maximum absolute atomic E-state index is 13.1. The van der Waals surface area contributed by atoms with E-state index < -0.39 is 49.3 Å². The Morgan fingerprint density at radius 3 is 2.17 bits per heavy atom. The van der Waals surface area contributed by atoms with Crippen molar-refractivity contribution in [1.29, 1.82) is 0 Å². The molecular weight excluding hydrogens is 560 g/mol. The summed E-state index contributed by atoms with van der Waals surface area (Å²) in [4.78, 5) is 12.8. The Hall–Kier alpha value is -2.34. The Morgan fingerprint density at radius 2 is 1.63 bits per heavy atom. The number of aliphatic hydroxyl groups is 1. The molecule has 0 fully saturated rings. The molecule has 2 aromatic carbocycles. The monoisotopic (exact) mass is 606 g/mol. The van der Waals surface area contributed by atoms with Crippen LogP contribution in [0, 0.1) is 20.8 Å². The second kappa shape index (κ2) is 14.7. The first-order valence-electron chi connectivity index (χ1n) is 13.8. The summed E-state index contributed by atoms with van der Waals surface area (Å²) in [6.07, 6.45) is -1.79. The molecule has 8 nitrogen and oxygen atoms in total. The molecule has 2 aromatic rings. The van der Waals surface area contributed by atoms with Gasteiger partial charge in [-0.05, 0) is 74.7 Å². The van der Waals surface area contributed by atoms with E-state index in [0.29, 0.717) is 29.7 Å². The number of hydrogen-bond acceptors (Lipinski definition) is 8. The zero-order chi connectivity index (χ0) is 31.0. The molecule has 0 amide bonds. The van der Waals surface area contributed by atoms with E-state index >= 15 is 0 Å². The van der Waals surface area contributed by atoms with Crippen molar-refractivity contribution in [3.05, 3.63) is 77.4 Å². The Morgan fingerprint density at radius 1 is 1.05 bits per heavy atom. The van der Waals surface area contributed by atoms with Gasteiger partial charge in [0.15, 0.2) is 8.32 Å². The summed E-state index contributed by atoms with van der Waals surface area (Å²) < 4.78 is 49.3. The number of aryl methyl sites for hydroxylation is 3. The number of rotatable bonds is 15. The maximum Gasteiger partial charge on any atom is 0.338 e. The normalized spacial score (nSPS) is 14.8. The van der Waals surface area contributed by atoms with Crippen molar-refractivity contribution in [3.63, 3.8) is 0 Å². The lowest BCUT2D eigenvalue weighted by molar-refractivity contribution is -0.102. The molecule has 2 rings (SSSR count). The summed E-state index contributed by atoms with van der Waals surface area (Å²) in [6.45, 7) is 19.8. The molecule has 0 saturated heterocycles. The maximum atomic E-state index is 13.1. The van der Waals surface area contributed by atoms with Gasteiger partial charge in [-0.25, -0.2) is 4.79 Å². The van der Waals surface area contributed by atoms with E-state index in [1.165, 1.54) is 6.08 Å². The Balaban J connectivity index is 2.18. The van der Waals surface area contributed by atoms with Crippen molar-refractivity contribution in [1.82, 2.24) is 0 Å².